The van der Waals surface area contributed by atoms with Gasteiger partial charge in [0.1, 0.15) is 11.0 Å². The lowest BCUT2D eigenvalue weighted by molar-refractivity contribution is 0.333. The van der Waals surface area contributed by atoms with Gasteiger partial charge in [-0.2, -0.15) is 9.57 Å². The average Bonchev–Trinajstić information content (AvgIpc) is 3.00. The summed E-state index contributed by atoms with van der Waals surface area (Å²) in [6.45, 7) is 0.605. The molecule has 1 aromatic rings. The smallest absolute Gasteiger partial charge is 0.207 e. The summed E-state index contributed by atoms with van der Waals surface area (Å²) in [5.41, 5.74) is 0.206. The second kappa shape index (κ2) is 4.58. The highest BCUT2D eigenvalue weighted by molar-refractivity contribution is 9.10. The van der Waals surface area contributed by atoms with Gasteiger partial charge < -0.3 is 0 Å². The number of piperidine rings is 1. The van der Waals surface area contributed by atoms with E-state index < -0.39 is 10.0 Å². The molecule has 4 nitrogen and oxygen atoms in total. The maximum absolute atomic E-state index is 12.7. The third-order valence-electron chi connectivity index (χ3n) is 4.01. The first kappa shape index (κ1) is 13.1. The van der Waals surface area contributed by atoms with E-state index in [0.29, 0.717) is 16.9 Å². The fourth-order valence-electron chi connectivity index (χ4n) is 3.11. The molecule has 2 fully saturated rings. The molecule has 0 amide bonds. The molecule has 1 saturated heterocycles. The molecule has 100 valence electrons. The predicted molar refractivity (Wildman–Crippen MR) is 73.9 cm³/mol. The molecule has 0 radical (unpaired) electrons. The SMILES string of the molecule is N#Cc1cc(Br)ccc1S(=O)(=O)N1C[C@H]2CC[C@H]1C2. The first-order valence-corrected chi connectivity index (χ1v) is 8.47. The quantitative estimate of drug-likeness (QED) is 0.830. The van der Waals surface area contributed by atoms with Crippen LogP contribution >= 0.6 is 15.9 Å². The van der Waals surface area contributed by atoms with Crippen molar-refractivity contribution in [2.75, 3.05) is 6.54 Å². The van der Waals surface area contributed by atoms with Crippen molar-refractivity contribution >= 4 is 26.0 Å². The lowest BCUT2D eigenvalue weighted by Crippen LogP contribution is -2.37. The minimum atomic E-state index is -3.54. The van der Waals surface area contributed by atoms with E-state index in [2.05, 4.69) is 15.9 Å². The molecule has 3 rings (SSSR count). The Labute approximate surface area is 121 Å². The maximum atomic E-state index is 12.7. The Kier molecular flexibility index (Phi) is 3.16. The number of halogens is 1. The first-order chi connectivity index (χ1) is 9.02. The molecule has 2 atom stereocenters. The van der Waals surface area contributed by atoms with Crippen molar-refractivity contribution in [2.45, 2.75) is 30.2 Å². The van der Waals surface area contributed by atoms with Gasteiger partial charge in [-0.25, -0.2) is 8.42 Å². The molecule has 1 aliphatic carbocycles. The van der Waals surface area contributed by atoms with Gasteiger partial charge in [0.2, 0.25) is 10.0 Å². The fourth-order valence-corrected chi connectivity index (χ4v) is 5.34. The first-order valence-electron chi connectivity index (χ1n) is 6.24. The zero-order valence-corrected chi connectivity index (χ0v) is 12.6. The summed E-state index contributed by atoms with van der Waals surface area (Å²) in [7, 11) is -3.54. The second-order valence-corrected chi connectivity index (χ2v) is 7.93. The summed E-state index contributed by atoms with van der Waals surface area (Å²) in [5.74, 6) is 0.501. The number of sulfonamides is 1. The van der Waals surface area contributed by atoms with E-state index in [-0.39, 0.29) is 16.5 Å². The zero-order chi connectivity index (χ0) is 13.6. The molecule has 1 heterocycles. The van der Waals surface area contributed by atoms with Gasteiger partial charge in [-0.3, -0.25) is 0 Å². The van der Waals surface area contributed by atoms with Crippen LogP contribution in [0.1, 0.15) is 24.8 Å². The molecule has 1 aromatic carbocycles. The lowest BCUT2D eigenvalue weighted by atomic mass is 10.1. The third kappa shape index (κ3) is 2.10. The molecule has 2 bridgehead atoms. The second-order valence-electron chi connectivity index (χ2n) is 5.16. The number of hydrogen-bond acceptors (Lipinski definition) is 3. The molecule has 1 aliphatic heterocycles. The Hall–Kier alpha value is -0.900. The average molecular weight is 341 g/mol. The van der Waals surface area contributed by atoms with Crippen LogP contribution in [0.15, 0.2) is 27.6 Å². The van der Waals surface area contributed by atoms with Crippen LogP contribution in [0.25, 0.3) is 0 Å². The summed E-state index contributed by atoms with van der Waals surface area (Å²) < 4.78 is 27.7. The molecule has 0 N–H and O–H groups in total. The summed E-state index contributed by atoms with van der Waals surface area (Å²) in [5, 5.41) is 9.13. The van der Waals surface area contributed by atoms with E-state index in [9.17, 15) is 8.42 Å². The van der Waals surface area contributed by atoms with Crippen molar-refractivity contribution < 1.29 is 8.42 Å². The topological polar surface area (TPSA) is 61.2 Å². The normalized spacial score (nSPS) is 26.5. The minimum absolute atomic E-state index is 0.130. The lowest BCUT2D eigenvalue weighted by Gasteiger charge is -2.26. The number of nitriles is 1. The van der Waals surface area contributed by atoms with Crippen LogP contribution in [-0.2, 0) is 10.0 Å². The number of nitrogens with zero attached hydrogens (tertiary/aromatic N) is 2. The molecule has 2 aliphatic rings. The molecule has 0 unspecified atom stereocenters. The highest BCUT2D eigenvalue weighted by Crippen LogP contribution is 2.41. The number of fused-ring (bicyclic) bond motifs is 2. The van der Waals surface area contributed by atoms with E-state index in [1.165, 1.54) is 6.07 Å². The summed E-state index contributed by atoms with van der Waals surface area (Å²) >= 11 is 3.26. The highest BCUT2D eigenvalue weighted by atomic mass is 79.9. The minimum Gasteiger partial charge on any atom is -0.207 e. The van der Waals surface area contributed by atoms with Gasteiger partial charge in [0, 0.05) is 17.1 Å². The van der Waals surface area contributed by atoms with Gasteiger partial charge in [0.05, 0.1) is 5.56 Å². The van der Waals surface area contributed by atoms with Crippen molar-refractivity contribution in [1.82, 2.24) is 4.31 Å². The standard InChI is InChI=1S/C13H13BrN2O2S/c14-11-2-4-13(10(6-11)7-15)19(17,18)16-8-9-1-3-12(16)5-9/h2,4,6,9,12H,1,3,5,8H2/t9-,12-/m0/s1. The van der Waals surface area contributed by atoms with E-state index in [1.54, 1.807) is 16.4 Å². The maximum Gasteiger partial charge on any atom is 0.244 e. The number of benzene rings is 1. The van der Waals surface area contributed by atoms with Crippen molar-refractivity contribution in [2.24, 2.45) is 5.92 Å². The Morgan fingerprint density at radius 1 is 1.37 bits per heavy atom. The van der Waals surface area contributed by atoms with Crippen molar-refractivity contribution in [1.29, 1.82) is 5.26 Å². The molecule has 0 spiro atoms. The molecule has 1 saturated carbocycles. The Morgan fingerprint density at radius 3 is 2.74 bits per heavy atom. The van der Waals surface area contributed by atoms with Crippen molar-refractivity contribution in [3.8, 4) is 6.07 Å². The Bertz CT molecular complexity index is 666. The fraction of sp³-hybridized carbons (Fsp3) is 0.462. The zero-order valence-electron chi connectivity index (χ0n) is 10.2. The van der Waals surface area contributed by atoms with Crippen LogP contribution in [-0.4, -0.2) is 25.3 Å². The summed E-state index contributed by atoms with van der Waals surface area (Å²) in [4.78, 5) is 0.130. The predicted octanol–water partition coefficient (Wildman–Crippen LogP) is 2.49. The molecule has 0 aromatic heterocycles. The number of rotatable bonds is 2. The van der Waals surface area contributed by atoms with E-state index in [4.69, 9.17) is 5.26 Å². The van der Waals surface area contributed by atoms with Gasteiger partial charge in [-0.15, -0.1) is 0 Å². The van der Waals surface area contributed by atoms with Crippen LogP contribution in [0.3, 0.4) is 0 Å². The highest BCUT2D eigenvalue weighted by Gasteiger charge is 2.44. The molecular formula is C13H13BrN2O2S. The Balaban J connectivity index is 2.04. The van der Waals surface area contributed by atoms with Crippen LogP contribution in [0.4, 0.5) is 0 Å². The van der Waals surface area contributed by atoms with E-state index in [1.807, 2.05) is 6.07 Å². The van der Waals surface area contributed by atoms with E-state index >= 15 is 0 Å². The largest absolute Gasteiger partial charge is 0.244 e. The molecule has 19 heavy (non-hydrogen) atoms. The monoisotopic (exact) mass is 340 g/mol. The Morgan fingerprint density at radius 2 is 2.16 bits per heavy atom. The molecular weight excluding hydrogens is 328 g/mol. The van der Waals surface area contributed by atoms with Crippen molar-refractivity contribution in [3.05, 3.63) is 28.2 Å². The van der Waals surface area contributed by atoms with Crippen LogP contribution in [0.2, 0.25) is 0 Å². The van der Waals surface area contributed by atoms with Gasteiger partial charge in [0.25, 0.3) is 0 Å². The third-order valence-corrected chi connectivity index (χ3v) is 6.48. The summed E-state index contributed by atoms with van der Waals surface area (Å²) in [6.07, 6.45) is 3.04. The van der Waals surface area contributed by atoms with Gasteiger partial charge in [-0.05, 0) is 43.4 Å². The van der Waals surface area contributed by atoms with Crippen LogP contribution < -0.4 is 0 Å². The van der Waals surface area contributed by atoms with Crippen LogP contribution in [0, 0.1) is 17.2 Å². The van der Waals surface area contributed by atoms with E-state index in [0.717, 1.165) is 19.3 Å². The number of hydrogen-bond donors (Lipinski definition) is 0. The van der Waals surface area contributed by atoms with Crippen molar-refractivity contribution in [3.63, 3.8) is 0 Å². The van der Waals surface area contributed by atoms with Gasteiger partial charge in [0.15, 0.2) is 0 Å². The van der Waals surface area contributed by atoms with Gasteiger partial charge >= 0.3 is 0 Å². The molecule has 6 heteroatoms. The van der Waals surface area contributed by atoms with Gasteiger partial charge in [-0.1, -0.05) is 15.9 Å². The van der Waals surface area contributed by atoms with Crippen LogP contribution in [0.5, 0.6) is 0 Å². The summed E-state index contributed by atoms with van der Waals surface area (Å²) in [6, 6.07) is 6.85.